The van der Waals surface area contributed by atoms with Crippen molar-refractivity contribution in [1.82, 2.24) is 10.3 Å². The molecule has 0 aliphatic rings. The summed E-state index contributed by atoms with van der Waals surface area (Å²) in [6, 6.07) is 16.8. The van der Waals surface area contributed by atoms with Crippen molar-refractivity contribution in [2.45, 2.75) is 22.0 Å². The van der Waals surface area contributed by atoms with E-state index in [-0.39, 0.29) is 16.1 Å². The highest BCUT2D eigenvalue weighted by Crippen LogP contribution is 2.27. The fraction of sp³-hybridized carbons (Fsp3) is 0.143. The first-order valence-corrected chi connectivity index (χ1v) is 11.6. The fourth-order valence-corrected chi connectivity index (χ4v) is 4.28. The Balaban J connectivity index is 1.64. The van der Waals surface area contributed by atoms with Crippen LogP contribution in [0, 0.1) is 0 Å². The number of rotatable bonds is 9. The van der Waals surface area contributed by atoms with Gasteiger partial charge in [0, 0.05) is 41.0 Å². The average Bonchev–Trinajstić information content (AvgIpc) is 2.75. The summed E-state index contributed by atoms with van der Waals surface area (Å²) in [7, 11) is -3.96. The Bertz CT molecular complexity index is 1130. The number of alkyl halides is 2. The third kappa shape index (κ3) is 6.76. The maximum atomic E-state index is 12.7. The summed E-state index contributed by atoms with van der Waals surface area (Å²) in [5.41, 5.74) is 1.26. The summed E-state index contributed by atoms with van der Waals surface area (Å²) in [6.45, 7) is 0.355. The summed E-state index contributed by atoms with van der Waals surface area (Å²) in [4.78, 5) is 16.8. The second-order valence-corrected chi connectivity index (χ2v) is 9.11. The minimum absolute atomic E-state index is 0.0871. The lowest BCUT2D eigenvalue weighted by atomic mass is 10.2. The molecule has 3 aromatic rings. The number of nitrogens with one attached hydrogen (secondary N) is 2. The van der Waals surface area contributed by atoms with Gasteiger partial charge in [-0.1, -0.05) is 23.9 Å². The molecule has 162 valence electrons. The molecule has 10 heteroatoms. The quantitative estimate of drug-likeness (QED) is 0.465. The number of anilines is 1. The molecule has 0 atom stereocenters. The first-order chi connectivity index (χ1) is 14.8. The second kappa shape index (κ2) is 10.4. The average molecular weight is 464 g/mol. The Morgan fingerprint density at radius 2 is 1.81 bits per heavy atom. The van der Waals surface area contributed by atoms with Gasteiger partial charge in [-0.2, -0.15) is 8.78 Å². The lowest BCUT2D eigenvalue weighted by Crippen LogP contribution is -2.26. The molecule has 2 N–H and O–H groups in total. The molecule has 0 unspecified atom stereocenters. The van der Waals surface area contributed by atoms with E-state index in [0.717, 1.165) is 5.69 Å². The zero-order valence-corrected chi connectivity index (χ0v) is 17.8. The molecule has 0 bridgehead atoms. The summed E-state index contributed by atoms with van der Waals surface area (Å²) in [5, 5.41) is 2.74. The predicted molar refractivity (Wildman–Crippen MR) is 116 cm³/mol. The highest BCUT2D eigenvalue weighted by atomic mass is 32.2. The van der Waals surface area contributed by atoms with Crippen LogP contribution in [0.25, 0.3) is 0 Å². The number of pyridine rings is 1. The summed E-state index contributed by atoms with van der Waals surface area (Å²) < 4.78 is 52.5. The number of carbonyl (C=O) groups excluding carboxylic acids is 1. The van der Waals surface area contributed by atoms with Gasteiger partial charge in [0.1, 0.15) is 0 Å². The van der Waals surface area contributed by atoms with Crippen LogP contribution in [0.5, 0.6) is 0 Å². The highest BCUT2D eigenvalue weighted by Gasteiger charge is 2.17. The zero-order chi connectivity index (χ0) is 22.3. The molecular formula is C21H19F2N3O3S2. The standard InChI is InChI=1S/C21H19F2N3O3S2/c22-21(23)30-18-9-7-17(8-10-18)26-31(28,29)19-6-3-4-15(14-19)20(27)25-13-11-16-5-1-2-12-24-16/h1-10,12,14,21,26H,11,13H2,(H,25,27). The Morgan fingerprint density at radius 1 is 1.03 bits per heavy atom. The smallest absolute Gasteiger partial charge is 0.288 e. The van der Waals surface area contributed by atoms with Gasteiger partial charge in [-0.3, -0.25) is 14.5 Å². The largest absolute Gasteiger partial charge is 0.352 e. The van der Waals surface area contributed by atoms with Crippen molar-refractivity contribution in [3.05, 3.63) is 84.2 Å². The van der Waals surface area contributed by atoms with Crippen molar-refractivity contribution in [1.29, 1.82) is 0 Å². The Morgan fingerprint density at radius 3 is 2.48 bits per heavy atom. The normalized spacial score (nSPS) is 11.3. The van der Waals surface area contributed by atoms with E-state index in [4.69, 9.17) is 0 Å². The molecular weight excluding hydrogens is 444 g/mol. The van der Waals surface area contributed by atoms with Crippen molar-refractivity contribution in [3.63, 3.8) is 0 Å². The first kappa shape index (κ1) is 22.7. The molecule has 0 spiro atoms. The van der Waals surface area contributed by atoms with Gasteiger partial charge in [0.15, 0.2) is 0 Å². The van der Waals surface area contributed by atoms with Gasteiger partial charge in [0.2, 0.25) is 0 Å². The minimum Gasteiger partial charge on any atom is -0.352 e. The molecule has 3 rings (SSSR count). The van der Waals surface area contributed by atoms with Crippen LogP contribution in [0.15, 0.2) is 82.7 Å². The first-order valence-electron chi connectivity index (χ1n) is 9.19. The van der Waals surface area contributed by atoms with Gasteiger partial charge in [0.05, 0.1) is 4.90 Å². The number of hydrogen-bond acceptors (Lipinski definition) is 5. The van der Waals surface area contributed by atoms with E-state index in [1.165, 1.54) is 48.5 Å². The Labute approximate surface area is 183 Å². The van der Waals surface area contributed by atoms with E-state index >= 15 is 0 Å². The van der Waals surface area contributed by atoms with E-state index in [1.807, 2.05) is 12.1 Å². The minimum atomic E-state index is -3.96. The summed E-state index contributed by atoms with van der Waals surface area (Å²) >= 11 is 0.373. The van der Waals surface area contributed by atoms with Gasteiger partial charge < -0.3 is 5.32 Å². The third-order valence-corrected chi connectivity index (χ3v) is 6.23. The van der Waals surface area contributed by atoms with Crippen LogP contribution in [0.3, 0.4) is 0 Å². The van der Waals surface area contributed by atoms with Crippen LogP contribution in [0.4, 0.5) is 14.5 Å². The SMILES string of the molecule is O=C(NCCc1ccccn1)c1cccc(S(=O)(=O)Nc2ccc(SC(F)F)cc2)c1. The number of halogens is 2. The maximum absolute atomic E-state index is 12.7. The molecule has 1 aromatic heterocycles. The second-order valence-electron chi connectivity index (χ2n) is 6.36. The van der Waals surface area contributed by atoms with E-state index in [0.29, 0.717) is 29.6 Å². The Kier molecular flexibility index (Phi) is 7.59. The van der Waals surface area contributed by atoms with E-state index in [2.05, 4.69) is 15.0 Å². The van der Waals surface area contributed by atoms with Crippen molar-refractivity contribution in [2.75, 3.05) is 11.3 Å². The van der Waals surface area contributed by atoms with Gasteiger partial charge in [-0.05, 0) is 54.6 Å². The van der Waals surface area contributed by atoms with Crippen LogP contribution >= 0.6 is 11.8 Å². The van der Waals surface area contributed by atoms with Crippen LogP contribution < -0.4 is 10.0 Å². The van der Waals surface area contributed by atoms with Crippen molar-refractivity contribution in [3.8, 4) is 0 Å². The van der Waals surface area contributed by atoms with Crippen LogP contribution in [-0.2, 0) is 16.4 Å². The maximum Gasteiger partial charge on any atom is 0.288 e. The number of amides is 1. The number of hydrogen-bond donors (Lipinski definition) is 2. The fourth-order valence-electron chi connectivity index (χ4n) is 2.68. The topological polar surface area (TPSA) is 88.2 Å². The van der Waals surface area contributed by atoms with Gasteiger partial charge in [-0.15, -0.1) is 0 Å². The van der Waals surface area contributed by atoms with Crippen LogP contribution in [-0.4, -0.2) is 31.6 Å². The van der Waals surface area contributed by atoms with Crippen molar-refractivity contribution >= 4 is 33.4 Å². The molecule has 6 nitrogen and oxygen atoms in total. The molecule has 2 aromatic carbocycles. The molecule has 0 radical (unpaired) electrons. The van der Waals surface area contributed by atoms with Gasteiger partial charge in [0.25, 0.3) is 21.7 Å². The van der Waals surface area contributed by atoms with E-state index in [1.54, 1.807) is 12.3 Å². The summed E-state index contributed by atoms with van der Waals surface area (Å²) in [6.07, 6.45) is 2.22. The number of thioether (sulfide) groups is 1. The third-order valence-electron chi connectivity index (χ3n) is 4.13. The predicted octanol–water partition coefficient (Wildman–Crippen LogP) is 4.17. The van der Waals surface area contributed by atoms with E-state index < -0.39 is 21.7 Å². The number of sulfonamides is 1. The van der Waals surface area contributed by atoms with Crippen molar-refractivity contribution < 1.29 is 22.0 Å². The summed E-state index contributed by atoms with van der Waals surface area (Å²) in [5.74, 6) is -2.96. The molecule has 1 amide bonds. The lowest BCUT2D eigenvalue weighted by molar-refractivity contribution is 0.0954. The highest BCUT2D eigenvalue weighted by molar-refractivity contribution is 7.99. The molecule has 1 heterocycles. The number of aromatic nitrogens is 1. The van der Waals surface area contributed by atoms with Crippen molar-refractivity contribution in [2.24, 2.45) is 0 Å². The molecule has 31 heavy (non-hydrogen) atoms. The molecule has 0 aliphatic carbocycles. The number of benzene rings is 2. The molecule has 0 saturated carbocycles. The van der Waals surface area contributed by atoms with E-state index in [9.17, 15) is 22.0 Å². The van der Waals surface area contributed by atoms with Crippen LogP contribution in [0.2, 0.25) is 0 Å². The lowest BCUT2D eigenvalue weighted by Gasteiger charge is -2.10. The molecule has 0 saturated heterocycles. The zero-order valence-electron chi connectivity index (χ0n) is 16.2. The Hall–Kier alpha value is -2.98. The monoisotopic (exact) mass is 463 g/mol. The van der Waals surface area contributed by atoms with Crippen LogP contribution in [0.1, 0.15) is 16.1 Å². The molecule has 0 fully saturated rings. The molecule has 0 aliphatic heterocycles. The number of carbonyl (C=O) groups is 1. The van der Waals surface area contributed by atoms with Gasteiger partial charge >= 0.3 is 0 Å². The number of nitrogens with zero attached hydrogens (tertiary/aromatic N) is 1. The van der Waals surface area contributed by atoms with Gasteiger partial charge in [-0.25, -0.2) is 8.42 Å².